The average Bonchev–Trinajstić information content (AvgIpc) is 3.82. The van der Waals surface area contributed by atoms with Gasteiger partial charge in [-0.15, -0.1) is 0 Å². The van der Waals surface area contributed by atoms with Gasteiger partial charge in [-0.2, -0.15) is 0 Å². The second-order valence-electron chi connectivity index (χ2n) is 10.7. The average molecular weight is 559 g/mol. The third-order valence-corrected chi connectivity index (χ3v) is 7.70. The highest BCUT2D eigenvalue weighted by atomic mass is 19.1. The third kappa shape index (κ3) is 6.90. The summed E-state index contributed by atoms with van der Waals surface area (Å²) in [6, 6.07) is 12.2. The van der Waals surface area contributed by atoms with Crippen molar-refractivity contribution in [1.82, 2.24) is 20.5 Å². The van der Waals surface area contributed by atoms with Crippen molar-refractivity contribution in [3.8, 4) is 5.75 Å². The Kier molecular flexibility index (Phi) is 8.61. The number of carbonyl (C=O) groups excluding carboxylic acids is 3. The Bertz CT molecular complexity index is 1490. The van der Waals surface area contributed by atoms with Gasteiger partial charge in [-0.1, -0.05) is 24.3 Å². The molecule has 0 spiro atoms. The zero-order valence-corrected chi connectivity index (χ0v) is 23.4. The first-order valence-electron chi connectivity index (χ1n) is 14.1. The molecule has 214 valence electrons. The topological polar surface area (TPSA) is 101 Å². The molecule has 2 heterocycles. The van der Waals surface area contributed by atoms with Crippen molar-refractivity contribution in [2.75, 3.05) is 20.2 Å². The zero-order chi connectivity index (χ0) is 28.9. The first-order valence-corrected chi connectivity index (χ1v) is 14.1. The molecule has 41 heavy (non-hydrogen) atoms. The molecule has 1 aliphatic heterocycles. The van der Waals surface area contributed by atoms with Crippen molar-refractivity contribution in [3.05, 3.63) is 77.2 Å². The molecular weight excluding hydrogens is 523 g/mol. The van der Waals surface area contributed by atoms with Gasteiger partial charge >= 0.3 is 0 Å². The van der Waals surface area contributed by atoms with Gasteiger partial charge in [-0.05, 0) is 92.5 Å². The van der Waals surface area contributed by atoms with Crippen LogP contribution in [0.1, 0.15) is 66.7 Å². The highest BCUT2D eigenvalue weighted by Crippen LogP contribution is 2.32. The van der Waals surface area contributed by atoms with E-state index < -0.39 is 11.9 Å². The second-order valence-corrected chi connectivity index (χ2v) is 10.7. The van der Waals surface area contributed by atoms with Crippen LogP contribution in [0, 0.1) is 11.7 Å². The Morgan fingerprint density at radius 1 is 1.10 bits per heavy atom. The summed E-state index contributed by atoms with van der Waals surface area (Å²) in [4.78, 5) is 45.2. The lowest BCUT2D eigenvalue weighted by Gasteiger charge is -2.35. The molecule has 2 aromatic carbocycles. The lowest BCUT2D eigenvalue weighted by Crippen LogP contribution is -2.54. The zero-order valence-electron chi connectivity index (χ0n) is 23.4. The maximum Gasteiger partial charge on any atom is 0.270 e. The number of amides is 3. The van der Waals surface area contributed by atoms with E-state index in [4.69, 9.17) is 4.74 Å². The number of aromatic nitrogens is 1. The van der Waals surface area contributed by atoms with Gasteiger partial charge in [-0.25, -0.2) is 9.37 Å². The Morgan fingerprint density at radius 2 is 1.93 bits per heavy atom. The van der Waals surface area contributed by atoms with Crippen molar-refractivity contribution >= 4 is 34.7 Å². The van der Waals surface area contributed by atoms with E-state index >= 15 is 0 Å². The third-order valence-electron chi connectivity index (χ3n) is 7.70. The molecular formula is C32H35FN4O4. The van der Waals surface area contributed by atoms with E-state index in [-0.39, 0.29) is 35.9 Å². The lowest BCUT2D eigenvalue weighted by atomic mass is 9.98. The molecule has 2 aliphatic rings. The molecule has 1 aliphatic carbocycles. The number of allylic oxidation sites excluding steroid dienone is 1. The minimum Gasteiger partial charge on any atom is -0.497 e. The molecule has 0 radical (unpaired) electrons. The number of halogens is 1. The van der Waals surface area contributed by atoms with Gasteiger partial charge in [0.1, 0.15) is 23.3 Å². The van der Waals surface area contributed by atoms with E-state index in [1.807, 2.05) is 25.1 Å². The smallest absolute Gasteiger partial charge is 0.270 e. The molecule has 5 rings (SSSR count). The Morgan fingerprint density at radius 3 is 2.71 bits per heavy atom. The number of fused-ring (bicyclic) bond motifs is 1. The second kappa shape index (κ2) is 12.5. The van der Waals surface area contributed by atoms with Crippen molar-refractivity contribution in [2.24, 2.45) is 5.92 Å². The molecule has 1 saturated carbocycles. The summed E-state index contributed by atoms with van der Waals surface area (Å²) in [6.45, 7) is 2.13. The van der Waals surface area contributed by atoms with Crippen LogP contribution in [0.15, 0.2) is 54.6 Å². The maximum absolute atomic E-state index is 13.4. The summed E-state index contributed by atoms with van der Waals surface area (Å²) in [5, 5.41) is 6.32. The predicted octanol–water partition coefficient (Wildman–Crippen LogP) is 4.79. The van der Waals surface area contributed by atoms with Crippen LogP contribution in [0.2, 0.25) is 0 Å². The van der Waals surface area contributed by atoms with Crippen LogP contribution >= 0.6 is 0 Å². The first-order chi connectivity index (χ1) is 19.8. The SMILES string of the molecule is COc1ccc([C@H](C)NC(=O)[C@@H]2CCCCN2C(=O)CNC(=O)c2ccc3cc(F)ccc3n2)c(/C=C/C2CC2)c1. The molecule has 2 fully saturated rings. The quantitative estimate of drug-likeness (QED) is 0.393. The van der Waals surface area contributed by atoms with E-state index in [0.717, 1.165) is 29.7 Å². The molecule has 3 aromatic rings. The fourth-order valence-electron chi connectivity index (χ4n) is 5.21. The first kappa shape index (κ1) is 28.3. The van der Waals surface area contributed by atoms with Crippen LogP contribution in [0.4, 0.5) is 4.39 Å². The Hall–Kier alpha value is -4.27. The van der Waals surface area contributed by atoms with E-state index in [1.54, 1.807) is 18.1 Å². The van der Waals surface area contributed by atoms with Crippen LogP contribution < -0.4 is 15.4 Å². The number of ether oxygens (including phenoxy) is 1. The monoisotopic (exact) mass is 558 g/mol. The van der Waals surface area contributed by atoms with Crippen LogP contribution in [-0.2, 0) is 9.59 Å². The summed E-state index contributed by atoms with van der Waals surface area (Å²) in [5.41, 5.74) is 2.58. The van der Waals surface area contributed by atoms with Gasteiger partial charge in [0.15, 0.2) is 0 Å². The predicted molar refractivity (Wildman–Crippen MR) is 155 cm³/mol. The fourth-order valence-corrected chi connectivity index (χ4v) is 5.21. The molecule has 2 N–H and O–H groups in total. The highest BCUT2D eigenvalue weighted by molar-refractivity contribution is 5.97. The number of benzene rings is 2. The van der Waals surface area contributed by atoms with E-state index in [2.05, 4.69) is 27.8 Å². The van der Waals surface area contributed by atoms with Gasteiger partial charge in [0.05, 0.1) is 25.2 Å². The highest BCUT2D eigenvalue weighted by Gasteiger charge is 2.33. The number of methoxy groups -OCH3 is 1. The summed E-state index contributed by atoms with van der Waals surface area (Å²) >= 11 is 0. The standard InChI is InChI=1S/C32H35FN4O4/c1-20(26-13-12-25(41-2)18-22(26)9-8-21-6-7-21)35-32(40)29-5-3-4-16-37(29)30(38)19-34-31(39)28-14-10-23-17-24(33)11-15-27(23)36-28/h8-15,17-18,20-21,29H,3-7,16,19H2,1-2H3,(H,34,39)(H,35,40)/b9-8+/t20-,29-/m0/s1. The van der Waals surface area contributed by atoms with E-state index in [9.17, 15) is 18.8 Å². The number of nitrogens with one attached hydrogen (secondary N) is 2. The number of pyridine rings is 1. The number of carbonyl (C=O) groups is 3. The molecule has 1 saturated heterocycles. The molecule has 2 atom stereocenters. The van der Waals surface area contributed by atoms with Crippen molar-refractivity contribution in [3.63, 3.8) is 0 Å². The molecule has 3 amide bonds. The molecule has 9 heteroatoms. The van der Waals surface area contributed by atoms with Gasteiger partial charge in [0.2, 0.25) is 11.8 Å². The minimum absolute atomic E-state index is 0.129. The Labute approximate surface area is 239 Å². The maximum atomic E-state index is 13.4. The molecule has 0 bridgehead atoms. The van der Waals surface area contributed by atoms with Crippen molar-refractivity contribution in [2.45, 2.75) is 51.1 Å². The summed E-state index contributed by atoms with van der Waals surface area (Å²) < 4.78 is 18.9. The number of nitrogens with zero attached hydrogens (tertiary/aromatic N) is 2. The van der Waals surface area contributed by atoms with E-state index in [0.29, 0.717) is 29.8 Å². The van der Waals surface area contributed by atoms with Crippen LogP contribution in [0.25, 0.3) is 17.0 Å². The van der Waals surface area contributed by atoms with Crippen LogP contribution in [-0.4, -0.2) is 53.8 Å². The van der Waals surface area contributed by atoms with Crippen LogP contribution in [0.3, 0.4) is 0 Å². The molecule has 0 unspecified atom stereocenters. The minimum atomic E-state index is -0.618. The van der Waals surface area contributed by atoms with Gasteiger partial charge in [0, 0.05) is 11.9 Å². The number of hydrogen-bond donors (Lipinski definition) is 2. The number of likely N-dealkylation sites (tertiary alicyclic amines) is 1. The van der Waals surface area contributed by atoms with Gasteiger partial charge in [0.25, 0.3) is 5.91 Å². The normalized spacial score (nSPS) is 17.8. The molecule has 8 nitrogen and oxygen atoms in total. The van der Waals surface area contributed by atoms with E-state index in [1.165, 1.54) is 37.1 Å². The number of rotatable bonds is 9. The van der Waals surface area contributed by atoms with Gasteiger partial charge in [-0.3, -0.25) is 14.4 Å². The van der Waals surface area contributed by atoms with Gasteiger partial charge < -0.3 is 20.3 Å². The fraction of sp³-hybridized carbons (Fsp3) is 0.375. The number of piperidine rings is 1. The lowest BCUT2D eigenvalue weighted by molar-refractivity contribution is -0.141. The molecule has 1 aromatic heterocycles. The Balaban J connectivity index is 1.22. The van der Waals surface area contributed by atoms with Crippen molar-refractivity contribution in [1.29, 1.82) is 0 Å². The van der Waals surface area contributed by atoms with Crippen molar-refractivity contribution < 1.29 is 23.5 Å². The van der Waals surface area contributed by atoms with Crippen LogP contribution in [0.5, 0.6) is 5.75 Å². The largest absolute Gasteiger partial charge is 0.497 e. The summed E-state index contributed by atoms with van der Waals surface area (Å²) in [7, 11) is 1.63. The summed E-state index contributed by atoms with van der Waals surface area (Å²) in [5.74, 6) is -0.0714. The number of hydrogen-bond acceptors (Lipinski definition) is 5. The summed E-state index contributed by atoms with van der Waals surface area (Å²) in [6.07, 6.45) is 8.88.